The largest absolute Gasteiger partial charge is 0.504 e. The first-order valence-electron chi connectivity index (χ1n) is 11.3. The van der Waals surface area contributed by atoms with Crippen LogP contribution in [0.4, 0.5) is 26.3 Å². The lowest BCUT2D eigenvalue weighted by Gasteiger charge is -2.34. The molecule has 1 N–H and O–H groups in total. The Kier molecular flexibility index (Phi) is 6.52. The second kappa shape index (κ2) is 9.07. The van der Waals surface area contributed by atoms with Crippen molar-refractivity contribution in [3.05, 3.63) is 58.9 Å². The highest BCUT2D eigenvalue weighted by Crippen LogP contribution is 2.44. The smallest absolute Gasteiger partial charge is 0.419 e. The fourth-order valence-electron chi connectivity index (χ4n) is 5.29. The number of hydrogen-bond donors (Lipinski definition) is 1. The lowest BCUT2D eigenvalue weighted by Crippen LogP contribution is -2.22. The third kappa shape index (κ3) is 4.64. The van der Waals surface area contributed by atoms with E-state index in [4.69, 9.17) is 0 Å². The van der Waals surface area contributed by atoms with Crippen LogP contribution < -0.4 is 0 Å². The van der Waals surface area contributed by atoms with Crippen molar-refractivity contribution >= 4 is 5.57 Å². The lowest BCUT2D eigenvalue weighted by atomic mass is 9.71. The van der Waals surface area contributed by atoms with Gasteiger partial charge in [0.1, 0.15) is 0 Å². The monoisotopic (exact) mass is 468 g/mol. The van der Waals surface area contributed by atoms with E-state index in [0.717, 1.165) is 24.8 Å². The molecule has 4 rings (SSSR count). The molecule has 1 unspecified atom stereocenters. The van der Waals surface area contributed by atoms with Gasteiger partial charge < -0.3 is 5.11 Å². The van der Waals surface area contributed by atoms with Gasteiger partial charge in [-0.2, -0.15) is 13.2 Å². The zero-order chi connectivity index (χ0) is 23.9. The van der Waals surface area contributed by atoms with E-state index in [2.05, 4.69) is 6.92 Å². The summed E-state index contributed by atoms with van der Waals surface area (Å²) in [4.78, 5) is 0. The minimum absolute atomic E-state index is 0.0961. The number of benzene rings is 2. The van der Waals surface area contributed by atoms with Crippen LogP contribution in [0.1, 0.15) is 63.0 Å². The molecule has 2 aromatic rings. The van der Waals surface area contributed by atoms with E-state index in [1.165, 1.54) is 37.8 Å². The predicted molar refractivity (Wildman–Crippen MR) is 115 cm³/mol. The summed E-state index contributed by atoms with van der Waals surface area (Å²) in [6.45, 7) is 2.27. The number of allylic oxidation sites excluding steroid dienone is 2. The summed E-state index contributed by atoms with van der Waals surface area (Å²) in [7, 11) is 0. The molecule has 0 aromatic heterocycles. The van der Waals surface area contributed by atoms with Gasteiger partial charge in [-0.1, -0.05) is 38.0 Å². The van der Waals surface area contributed by atoms with Crippen LogP contribution in [0, 0.1) is 35.2 Å². The molecule has 1 fully saturated rings. The number of halogens is 6. The Morgan fingerprint density at radius 2 is 1.36 bits per heavy atom. The molecule has 2 aliphatic carbocycles. The predicted octanol–water partition coefficient (Wildman–Crippen LogP) is 8.51. The molecule has 2 aromatic carbocycles. The second-order valence-corrected chi connectivity index (χ2v) is 9.39. The Labute approximate surface area is 189 Å². The van der Waals surface area contributed by atoms with Crippen molar-refractivity contribution in [2.75, 3.05) is 0 Å². The third-order valence-electron chi connectivity index (χ3n) is 7.32. The average molecular weight is 468 g/mol. The summed E-state index contributed by atoms with van der Waals surface area (Å²) in [5, 5.41) is 9.92. The Balaban J connectivity index is 1.58. The molecule has 0 spiro atoms. The van der Waals surface area contributed by atoms with E-state index in [-0.39, 0.29) is 5.56 Å². The topological polar surface area (TPSA) is 20.2 Å². The second-order valence-electron chi connectivity index (χ2n) is 9.39. The van der Waals surface area contributed by atoms with Gasteiger partial charge in [0.05, 0.1) is 5.56 Å². The van der Waals surface area contributed by atoms with Gasteiger partial charge in [0.25, 0.3) is 0 Å². The molecular weight excluding hydrogens is 442 g/mol. The van der Waals surface area contributed by atoms with Crippen molar-refractivity contribution in [2.24, 2.45) is 17.8 Å². The molecule has 1 nitrogen and oxygen atoms in total. The fourth-order valence-corrected chi connectivity index (χ4v) is 5.29. The molecule has 0 heterocycles. The van der Waals surface area contributed by atoms with Crippen LogP contribution in [0.2, 0.25) is 0 Å². The van der Waals surface area contributed by atoms with Crippen molar-refractivity contribution in [3.8, 4) is 16.9 Å². The van der Waals surface area contributed by atoms with E-state index in [1.807, 2.05) is 6.08 Å². The standard InChI is InChI=1S/C26H26F6O/c1-14-2-4-15(5-3-14)16-6-8-17(9-7-16)18-10-11-19(23(28)22(18)27)20-12-13-21(26(30,31)32)24(29)25(20)33/h8,10-16,33H,2-7,9H2,1H3. The van der Waals surface area contributed by atoms with Gasteiger partial charge >= 0.3 is 6.18 Å². The lowest BCUT2D eigenvalue weighted by molar-refractivity contribution is -0.140. The van der Waals surface area contributed by atoms with Crippen LogP contribution in [0.5, 0.6) is 5.75 Å². The van der Waals surface area contributed by atoms with Crippen LogP contribution >= 0.6 is 0 Å². The van der Waals surface area contributed by atoms with Crippen molar-refractivity contribution in [1.29, 1.82) is 0 Å². The molecule has 0 saturated heterocycles. The molecule has 2 aliphatic rings. The van der Waals surface area contributed by atoms with Crippen LogP contribution in [0.15, 0.2) is 30.3 Å². The molecule has 0 bridgehead atoms. The first-order chi connectivity index (χ1) is 15.6. The average Bonchev–Trinajstić information content (AvgIpc) is 2.78. The number of phenols is 1. The molecule has 1 atom stereocenters. The normalized spacial score (nSPS) is 24.0. The highest BCUT2D eigenvalue weighted by molar-refractivity contribution is 5.75. The molecule has 0 aliphatic heterocycles. The zero-order valence-corrected chi connectivity index (χ0v) is 18.3. The van der Waals surface area contributed by atoms with Crippen LogP contribution in [-0.4, -0.2) is 5.11 Å². The van der Waals surface area contributed by atoms with Crippen LogP contribution in [-0.2, 0) is 6.18 Å². The highest BCUT2D eigenvalue weighted by atomic mass is 19.4. The highest BCUT2D eigenvalue weighted by Gasteiger charge is 2.36. The van der Waals surface area contributed by atoms with E-state index >= 15 is 0 Å². The number of phenolic OH excluding ortho intramolecular Hbond substituents is 1. The SMILES string of the molecule is CC1CCC(C2CC=C(c3ccc(-c4ccc(C(F)(F)F)c(F)c4O)c(F)c3F)CC2)CC1. The van der Waals surface area contributed by atoms with Crippen molar-refractivity contribution in [3.63, 3.8) is 0 Å². The molecule has 1 saturated carbocycles. The maximum absolute atomic E-state index is 15.0. The summed E-state index contributed by atoms with van der Waals surface area (Å²) in [6.07, 6.45) is 4.15. The number of aromatic hydroxyl groups is 1. The first kappa shape index (κ1) is 23.7. The van der Waals surface area contributed by atoms with Gasteiger partial charge in [0.2, 0.25) is 0 Å². The maximum Gasteiger partial charge on any atom is 0.419 e. The van der Waals surface area contributed by atoms with E-state index in [9.17, 15) is 31.4 Å². The fraction of sp³-hybridized carbons (Fsp3) is 0.462. The molecular formula is C26H26F6O. The molecule has 0 radical (unpaired) electrons. The van der Waals surface area contributed by atoms with Gasteiger partial charge in [-0.3, -0.25) is 0 Å². The summed E-state index contributed by atoms with van der Waals surface area (Å²) in [5.74, 6) is -3.78. The minimum Gasteiger partial charge on any atom is -0.504 e. The van der Waals surface area contributed by atoms with Gasteiger partial charge in [-0.25, -0.2) is 13.2 Å². The summed E-state index contributed by atoms with van der Waals surface area (Å²) >= 11 is 0. The molecule has 33 heavy (non-hydrogen) atoms. The Hall–Kier alpha value is -2.44. The molecule has 0 amide bonds. The first-order valence-corrected chi connectivity index (χ1v) is 11.3. The van der Waals surface area contributed by atoms with Crippen molar-refractivity contribution < 1.29 is 31.4 Å². The summed E-state index contributed by atoms with van der Waals surface area (Å²) < 4.78 is 82.4. The Morgan fingerprint density at radius 3 is 1.97 bits per heavy atom. The van der Waals surface area contributed by atoms with Gasteiger partial charge in [0.15, 0.2) is 23.2 Å². The number of rotatable bonds is 3. The maximum atomic E-state index is 15.0. The van der Waals surface area contributed by atoms with Gasteiger partial charge in [-0.05, 0) is 67.6 Å². The summed E-state index contributed by atoms with van der Waals surface area (Å²) in [5.41, 5.74) is -1.91. The van der Waals surface area contributed by atoms with Crippen molar-refractivity contribution in [1.82, 2.24) is 0 Å². The van der Waals surface area contributed by atoms with Crippen LogP contribution in [0.25, 0.3) is 16.7 Å². The number of hydrogen-bond acceptors (Lipinski definition) is 1. The Morgan fingerprint density at radius 1 is 0.758 bits per heavy atom. The van der Waals surface area contributed by atoms with Crippen LogP contribution in [0.3, 0.4) is 0 Å². The minimum atomic E-state index is -5.02. The van der Waals surface area contributed by atoms with E-state index in [1.54, 1.807) is 0 Å². The molecule has 7 heteroatoms. The summed E-state index contributed by atoms with van der Waals surface area (Å²) in [6, 6.07) is 3.67. The van der Waals surface area contributed by atoms with E-state index in [0.29, 0.717) is 29.9 Å². The molecule has 178 valence electrons. The third-order valence-corrected chi connectivity index (χ3v) is 7.32. The number of alkyl halides is 3. The quantitative estimate of drug-likeness (QED) is 0.448. The van der Waals surface area contributed by atoms with E-state index < -0.39 is 46.1 Å². The Bertz CT molecular complexity index is 1060. The van der Waals surface area contributed by atoms with Gasteiger partial charge in [-0.15, -0.1) is 0 Å². The van der Waals surface area contributed by atoms with Crippen molar-refractivity contribution in [2.45, 2.75) is 58.0 Å². The van der Waals surface area contributed by atoms with Gasteiger partial charge in [0, 0.05) is 16.7 Å². The zero-order valence-electron chi connectivity index (χ0n) is 18.3.